The fraction of sp³-hybridized carbons (Fsp3) is 0.0769. The highest BCUT2D eigenvalue weighted by molar-refractivity contribution is 5.86. The molecule has 3 nitrogen and oxygen atoms in total. The van der Waals surface area contributed by atoms with Crippen LogP contribution in [0.3, 0.4) is 0 Å². The van der Waals surface area contributed by atoms with Crippen molar-refractivity contribution in [2.45, 2.75) is 25.3 Å². The molecular formula is C52H41N3. The third kappa shape index (κ3) is 6.66. The molecule has 3 heteroatoms. The fourth-order valence-electron chi connectivity index (χ4n) is 7.96. The minimum atomic E-state index is -0.167. The molecule has 0 radical (unpaired) electrons. The van der Waals surface area contributed by atoms with Crippen molar-refractivity contribution in [1.82, 2.24) is 0 Å². The third-order valence-electron chi connectivity index (χ3n) is 10.9. The van der Waals surface area contributed by atoms with Crippen LogP contribution in [0.2, 0.25) is 0 Å². The largest absolute Gasteiger partial charge is 0.310 e. The summed E-state index contributed by atoms with van der Waals surface area (Å²) >= 11 is 0. The Kier molecular flexibility index (Phi) is 8.97. The predicted octanol–water partition coefficient (Wildman–Crippen LogP) is 14.7. The molecule has 0 N–H and O–H groups in total. The number of hydrogen-bond donors (Lipinski definition) is 0. The Labute approximate surface area is 323 Å². The van der Waals surface area contributed by atoms with Crippen molar-refractivity contribution < 1.29 is 0 Å². The van der Waals surface area contributed by atoms with E-state index in [0.29, 0.717) is 0 Å². The van der Waals surface area contributed by atoms with Crippen molar-refractivity contribution in [2.75, 3.05) is 4.90 Å². The molecule has 0 fully saturated rings. The zero-order valence-electron chi connectivity index (χ0n) is 31.0. The summed E-state index contributed by atoms with van der Waals surface area (Å²) in [5, 5.41) is 9.50. The Bertz CT molecular complexity index is 2540. The summed E-state index contributed by atoms with van der Waals surface area (Å²) in [6, 6.07) is 73.0. The molecule has 0 amide bonds. The molecule has 0 atom stereocenters. The molecule has 0 aliphatic heterocycles. The van der Waals surface area contributed by atoms with Crippen molar-refractivity contribution in [1.29, 1.82) is 0 Å². The topological polar surface area (TPSA) is 28.0 Å². The molecule has 0 heterocycles. The average molecular weight is 708 g/mol. The van der Waals surface area contributed by atoms with Crippen LogP contribution in [0.25, 0.3) is 33.4 Å². The highest BCUT2D eigenvalue weighted by atomic mass is 15.1. The van der Waals surface area contributed by atoms with Crippen molar-refractivity contribution in [3.05, 3.63) is 229 Å². The van der Waals surface area contributed by atoms with E-state index in [4.69, 9.17) is 10.2 Å². The van der Waals surface area contributed by atoms with Gasteiger partial charge in [-0.3, -0.25) is 0 Å². The van der Waals surface area contributed by atoms with E-state index < -0.39 is 0 Å². The lowest BCUT2D eigenvalue weighted by Gasteiger charge is -2.28. The van der Waals surface area contributed by atoms with E-state index in [-0.39, 0.29) is 11.5 Å². The second kappa shape index (κ2) is 14.5. The number of azo groups is 1. The van der Waals surface area contributed by atoms with Gasteiger partial charge in [0.2, 0.25) is 0 Å². The van der Waals surface area contributed by atoms with Crippen molar-refractivity contribution in [3.63, 3.8) is 0 Å². The molecule has 0 unspecified atom stereocenters. The van der Waals surface area contributed by atoms with Gasteiger partial charge >= 0.3 is 0 Å². The summed E-state index contributed by atoms with van der Waals surface area (Å²) < 4.78 is 0. The van der Waals surface area contributed by atoms with Gasteiger partial charge in [0, 0.05) is 22.5 Å². The molecule has 1 aliphatic carbocycles. The van der Waals surface area contributed by atoms with Crippen LogP contribution < -0.4 is 4.90 Å². The van der Waals surface area contributed by atoms with E-state index >= 15 is 0 Å². The lowest BCUT2D eigenvalue weighted by Crippen LogP contribution is -2.16. The SMILES string of the molecule is CC1(C)c2ccccc2-c2ccc(N(c3ccc(-c4ccccc4)cc3)c3ccc(-c4ccc(N=NC(c5ccccc5)c5ccccc5)cc4)cc3)cc21. The summed E-state index contributed by atoms with van der Waals surface area (Å²) in [6.45, 7) is 4.68. The van der Waals surface area contributed by atoms with Gasteiger partial charge in [0.05, 0.1) is 5.69 Å². The van der Waals surface area contributed by atoms with E-state index in [9.17, 15) is 0 Å². The van der Waals surface area contributed by atoms with Crippen LogP contribution in [0.1, 0.15) is 42.1 Å². The van der Waals surface area contributed by atoms with Gasteiger partial charge in [-0.05, 0) is 104 Å². The second-order valence-electron chi connectivity index (χ2n) is 14.7. The fourth-order valence-corrected chi connectivity index (χ4v) is 7.96. The van der Waals surface area contributed by atoms with E-state index in [1.54, 1.807) is 0 Å². The summed E-state index contributed by atoms with van der Waals surface area (Å²) in [4.78, 5) is 2.37. The Morgan fingerprint density at radius 2 is 0.836 bits per heavy atom. The molecular weight excluding hydrogens is 667 g/mol. The molecule has 55 heavy (non-hydrogen) atoms. The third-order valence-corrected chi connectivity index (χ3v) is 10.9. The first-order valence-corrected chi connectivity index (χ1v) is 18.9. The predicted molar refractivity (Wildman–Crippen MR) is 229 cm³/mol. The molecule has 0 spiro atoms. The molecule has 0 aromatic heterocycles. The molecule has 9 rings (SSSR count). The number of benzene rings is 8. The average Bonchev–Trinajstić information content (AvgIpc) is 3.48. The Hall–Kier alpha value is -6.84. The zero-order valence-corrected chi connectivity index (χ0v) is 31.0. The minimum Gasteiger partial charge on any atom is -0.310 e. The van der Waals surface area contributed by atoms with Crippen LogP contribution in [0.4, 0.5) is 22.7 Å². The first-order valence-electron chi connectivity index (χ1n) is 18.9. The van der Waals surface area contributed by atoms with E-state index in [1.807, 2.05) is 48.5 Å². The van der Waals surface area contributed by atoms with Gasteiger partial charge in [-0.2, -0.15) is 10.2 Å². The standard InChI is InChI=1S/C52H41N3/c1-52(2)49-21-13-12-20-47(49)48-35-34-46(36-50(48)52)55(44-30-24-39(25-31-44)37-14-6-3-7-15-37)45-32-26-40(27-33-45)38-22-28-43(29-23-38)53-54-51(41-16-8-4-9-17-41)42-18-10-5-11-19-42/h3-36,51H,1-2H3. The van der Waals surface area contributed by atoms with E-state index in [0.717, 1.165) is 45.0 Å². The van der Waals surface area contributed by atoms with Crippen LogP contribution in [-0.4, -0.2) is 0 Å². The monoisotopic (exact) mass is 707 g/mol. The summed E-state index contributed by atoms with van der Waals surface area (Å²) in [6.07, 6.45) is 0. The second-order valence-corrected chi connectivity index (χ2v) is 14.7. The lowest BCUT2D eigenvalue weighted by molar-refractivity contribution is 0.660. The summed E-state index contributed by atoms with van der Waals surface area (Å²) in [5.41, 5.74) is 16.4. The van der Waals surface area contributed by atoms with Gasteiger partial charge in [0.1, 0.15) is 6.04 Å². The summed E-state index contributed by atoms with van der Waals surface area (Å²) in [5.74, 6) is 0. The molecule has 8 aromatic carbocycles. The van der Waals surface area contributed by atoms with Crippen molar-refractivity contribution in [2.24, 2.45) is 10.2 Å². The Balaban J connectivity index is 1.03. The van der Waals surface area contributed by atoms with Gasteiger partial charge in [-0.15, -0.1) is 0 Å². The first-order chi connectivity index (χ1) is 27.0. The molecule has 0 saturated heterocycles. The van der Waals surface area contributed by atoms with Gasteiger partial charge < -0.3 is 4.90 Å². The van der Waals surface area contributed by atoms with Crippen LogP contribution in [0, 0.1) is 0 Å². The molecule has 0 saturated carbocycles. The molecule has 1 aliphatic rings. The number of anilines is 3. The number of hydrogen-bond acceptors (Lipinski definition) is 3. The smallest absolute Gasteiger partial charge is 0.121 e. The van der Waals surface area contributed by atoms with Crippen LogP contribution in [0.15, 0.2) is 216 Å². The number of fused-ring (bicyclic) bond motifs is 3. The van der Waals surface area contributed by atoms with E-state index in [2.05, 4.69) is 176 Å². The maximum absolute atomic E-state index is 4.81. The molecule has 264 valence electrons. The van der Waals surface area contributed by atoms with Gasteiger partial charge in [0.25, 0.3) is 0 Å². The van der Waals surface area contributed by atoms with Crippen molar-refractivity contribution in [3.8, 4) is 33.4 Å². The Morgan fingerprint density at radius 3 is 1.40 bits per heavy atom. The summed E-state index contributed by atoms with van der Waals surface area (Å²) in [7, 11) is 0. The first kappa shape index (κ1) is 34.0. The number of nitrogens with zero attached hydrogens (tertiary/aromatic N) is 3. The van der Waals surface area contributed by atoms with Gasteiger partial charge in [-0.25, -0.2) is 0 Å². The van der Waals surface area contributed by atoms with Crippen LogP contribution in [0.5, 0.6) is 0 Å². The normalized spacial score (nSPS) is 12.8. The van der Waals surface area contributed by atoms with Crippen LogP contribution in [-0.2, 0) is 5.41 Å². The van der Waals surface area contributed by atoms with Crippen molar-refractivity contribution >= 4 is 22.7 Å². The maximum atomic E-state index is 4.81. The lowest BCUT2D eigenvalue weighted by atomic mass is 9.82. The van der Waals surface area contributed by atoms with E-state index in [1.165, 1.54) is 33.4 Å². The molecule has 0 bridgehead atoms. The van der Waals surface area contributed by atoms with Crippen LogP contribution >= 0.6 is 0 Å². The highest BCUT2D eigenvalue weighted by Gasteiger charge is 2.35. The Morgan fingerprint density at radius 1 is 0.400 bits per heavy atom. The minimum absolute atomic E-state index is 0.0929. The van der Waals surface area contributed by atoms with Gasteiger partial charge in [-0.1, -0.05) is 172 Å². The highest BCUT2D eigenvalue weighted by Crippen LogP contribution is 2.50. The molecule has 8 aromatic rings. The number of rotatable bonds is 9. The quantitative estimate of drug-likeness (QED) is 0.137. The zero-order chi connectivity index (χ0) is 37.2. The van der Waals surface area contributed by atoms with Gasteiger partial charge in [0.15, 0.2) is 0 Å². The maximum Gasteiger partial charge on any atom is 0.121 e.